The fourth-order valence-corrected chi connectivity index (χ4v) is 4.61. The van der Waals surface area contributed by atoms with Gasteiger partial charge in [-0.1, -0.05) is 30.3 Å². The summed E-state index contributed by atoms with van der Waals surface area (Å²) >= 11 is 0. The number of anilines is 4. The zero-order valence-corrected chi connectivity index (χ0v) is 17.7. The third-order valence-corrected chi connectivity index (χ3v) is 6.12. The van der Waals surface area contributed by atoms with Crippen LogP contribution < -0.4 is 16.8 Å². The molecule has 6 aromatic rings. The first-order valence-electron chi connectivity index (χ1n) is 10.6. The first-order chi connectivity index (χ1) is 16.7. The molecule has 1 aliphatic rings. The molecule has 0 atom stereocenters. The van der Waals surface area contributed by atoms with Crippen molar-refractivity contribution in [2.45, 2.75) is 6.42 Å². The third-order valence-electron chi connectivity index (χ3n) is 6.12. The lowest BCUT2D eigenvalue weighted by Crippen LogP contribution is -2.04. The van der Waals surface area contributed by atoms with Crippen LogP contribution in [0.5, 0.6) is 0 Å². The standard InChI is InChI=1S/C23H17N11/c24-15-6-5-13-12-4-2-1-3-11(12)7-14(13)18(15)34-10-30-17-21(28-9-29-22(17)34)33-23-31-16-19(25)26-8-27-20(16)32-23/h1-6,8-10H,7,24H2,(H4,25,26,27,28,29,31,32,33). The van der Waals surface area contributed by atoms with Crippen LogP contribution in [0.3, 0.4) is 0 Å². The molecular formula is C23H17N11. The molecule has 1 aliphatic carbocycles. The van der Waals surface area contributed by atoms with Gasteiger partial charge in [0, 0.05) is 6.42 Å². The van der Waals surface area contributed by atoms with E-state index < -0.39 is 0 Å². The van der Waals surface area contributed by atoms with Crippen molar-refractivity contribution in [1.29, 1.82) is 0 Å². The van der Waals surface area contributed by atoms with Crippen LogP contribution in [-0.4, -0.2) is 39.5 Å². The lowest BCUT2D eigenvalue weighted by molar-refractivity contribution is 1.04. The molecule has 0 saturated heterocycles. The molecule has 34 heavy (non-hydrogen) atoms. The summed E-state index contributed by atoms with van der Waals surface area (Å²) in [6.45, 7) is 0. The second kappa shape index (κ2) is 6.72. The van der Waals surface area contributed by atoms with Crippen molar-refractivity contribution < 1.29 is 0 Å². The largest absolute Gasteiger partial charge is 0.397 e. The summed E-state index contributed by atoms with van der Waals surface area (Å²) < 4.78 is 1.92. The molecule has 2 aromatic carbocycles. The summed E-state index contributed by atoms with van der Waals surface area (Å²) in [7, 11) is 0. The molecule has 0 bridgehead atoms. The van der Waals surface area contributed by atoms with E-state index in [1.807, 2.05) is 10.6 Å². The lowest BCUT2D eigenvalue weighted by atomic mass is 10.0. The van der Waals surface area contributed by atoms with E-state index in [1.165, 1.54) is 29.3 Å². The zero-order valence-electron chi connectivity index (χ0n) is 17.7. The molecule has 164 valence electrons. The maximum atomic E-state index is 6.48. The summed E-state index contributed by atoms with van der Waals surface area (Å²) in [5.41, 5.74) is 21.0. The van der Waals surface area contributed by atoms with Crippen molar-refractivity contribution in [1.82, 2.24) is 39.5 Å². The van der Waals surface area contributed by atoms with Crippen molar-refractivity contribution in [3.63, 3.8) is 0 Å². The minimum absolute atomic E-state index is 0.317. The van der Waals surface area contributed by atoms with Crippen LogP contribution in [-0.2, 0) is 6.42 Å². The van der Waals surface area contributed by atoms with Gasteiger partial charge < -0.3 is 21.8 Å². The van der Waals surface area contributed by atoms with E-state index in [0.29, 0.717) is 45.6 Å². The average molecular weight is 447 g/mol. The number of aromatic nitrogens is 8. The van der Waals surface area contributed by atoms with Gasteiger partial charge in [-0.2, -0.15) is 4.98 Å². The number of imidazole rings is 2. The zero-order chi connectivity index (χ0) is 22.8. The number of aromatic amines is 1. The van der Waals surface area contributed by atoms with Crippen molar-refractivity contribution in [3.05, 3.63) is 66.5 Å². The number of hydrogen-bond donors (Lipinski definition) is 4. The summed E-state index contributed by atoms with van der Waals surface area (Å²) in [6.07, 6.45) is 5.37. The van der Waals surface area contributed by atoms with Crippen LogP contribution >= 0.6 is 0 Å². The van der Waals surface area contributed by atoms with Crippen molar-refractivity contribution in [2.75, 3.05) is 16.8 Å². The molecule has 0 saturated carbocycles. The van der Waals surface area contributed by atoms with E-state index in [4.69, 9.17) is 11.5 Å². The van der Waals surface area contributed by atoms with Gasteiger partial charge in [0.25, 0.3) is 0 Å². The van der Waals surface area contributed by atoms with E-state index >= 15 is 0 Å². The molecule has 0 unspecified atom stereocenters. The second-order valence-corrected chi connectivity index (χ2v) is 8.04. The van der Waals surface area contributed by atoms with E-state index in [9.17, 15) is 0 Å². The number of hydrogen-bond acceptors (Lipinski definition) is 9. The molecule has 7 rings (SSSR count). The predicted octanol–water partition coefficient (Wildman–Crippen LogP) is 2.96. The van der Waals surface area contributed by atoms with Gasteiger partial charge in [0.1, 0.15) is 24.5 Å². The quantitative estimate of drug-likeness (QED) is 0.298. The second-order valence-electron chi connectivity index (χ2n) is 8.04. The summed E-state index contributed by atoms with van der Waals surface area (Å²) in [5.74, 6) is 1.23. The highest BCUT2D eigenvalue weighted by atomic mass is 15.2. The van der Waals surface area contributed by atoms with Gasteiger partial charge in [0.05, 0.1) is 11.4 Å². The Kier molecular flexibility index (Phi) is 3.66. The molecule has 11 heteroatoms. The van der Waals surface area contributed by atoms with Crippen LogP contribution in [0.15, 0.2) is 55.4 Å². The molecule has 0 spiro atoms. The molecule has 0 amide bonds. The summed E-state index contributed by atoms with van der Waals surface area (Å²) in [5, 5.41) is 3.16. The number of fused-ring (bicyclic) bond motifs is 5. The van der Waals surface area contributed by atoms with Crippen LogP contribution in [0.25, 0.3) is 39.1 Å². The fourth-order valence-electron chi connectivity index (χ4n) is 4.61. The molecule has 4 heterocycles. The van der Waals surface area contributed by atoms with Crippen LogP contribution in [0.2, 0.25) is 0 Å². The topological polar surface area (TPSA) is 162 Å². The summed E-state index contributed by atoms with van der Waals surface area (Å²) in [6, 6.07) is 12.4. The van der Waals surface area contributed by atoms with Crippen LogP contribution in [0.4, 0.5) is 23.3 Å². The summed E-state index contributed by atoms with van der Waals surface area (Å²) in [4.78, 5) is 29.1. The Morgan fingerprint density at radius 2 is 1.79 bits per heavy atom. The van der Waals surface area contributed by atoms with Crippen molar-refractivity contribution in [3.8, 4) is 16.8 Å². The first-order valence-corrected chi connectivity index (χ1v) is 10.6. The molecule has 6 N–H and O–H groups in total. The van der Waals surface area contributed by atoms with Crippen LogP contribution in [0.1, 0.15) is 11.1 Å². The average Bonchev–Trinajstić information content (AvgIpc) is 3.55. The Morgan fingerprint density at radius 3 is 2.71 bits per heavy atom. The van der Waals surface area contributed by atoms with Crippen molar-refractivity contribution >= 4 is 45.6 Å². The monoisotopic (exact) mass is 447 g/mol. The van der Waals surface area contributed by atoms with E-state index in [-0.39, 0.29) is 0 Å². The molecule has 0 radical (unpaired) electrons. The first kappa shape index (κ1) is 18.5. The number of nitrogens with zero attached hydrogens (tertiary/aromatic N) is 7. The van der Waals surface area contributed by atoms with Gasteiger partial charge >= 0.3 is 0 Å². The normalized spacial score (nSPS) is 12.2. The maximum Gasteiger partial charge on any atom is 0.208 e. The Bertz CT molecular complexity index is 1750. The van der Waals surface area contributed by atoms with Gasteiger partial charge in [-0.05, 0) is 28.3 Å². The van der Waals surface area contributed by atoms with Gasteiger partial charge in [-0.25, -0.2) is 24.9 Å². The minimum Gasteiger partial charge on any atom is -0.397 e. The van der Waals surface area contributed by atoms with Gasteiger partial charge in [0.15, 0.2) is 28.4 Å². The highest BCUT2D eigenvalue weighted by Gasteiger charge is 2.25. The molecule has 0 fully saturated rings. The molecular weight excluding hydrogens is 430 g/mol. The fraction of sp³-hybridized carbons (Fsp3) is 0.0435. The predicted molar refractivity (Wildman–Crippen MR) is 129 cm³/mol. The Labute approximate surface area is 192 Å². The molecule has 0 aliphatic heterocycles. The van der Waals surface area contributed by atoms with E-state index in [2.05, 4.69) is 70.5 Å². The van der Waals surface area contributed by atoms with Gasteiger partial charge in [0.2, 0.25) is 5.95 Å². The Morgan fingerprint density at radius 1 is 0.912 bits per heavy atom. The smallest absolute Gasteiger partial charge is 0.208 e. The van der Waals surface area contributed by atoms with Gasteiger partial charge in [-0.3, -0.25) is 4.57 Å². The van der Waals surface area contributed by atoms with E-state index in [1.54, 1.807) is 6.33 Å². The van der Waals surface area contributed by atoms with Crippen LogP contribution in [0, 0.1) is 0 Å². The number of H-pyrrole nitrogens is 1. The number of benzene rings is 2. The Balaban J connectivity index is 1.35. The minimum atomic E-state index is 0.317. The third kappa shape index (κ3) is 2.57. The van der Waals surface area contributed by atoms with Gasteiger partial charge in [-0.15, -0.1) is 0 Å². The Hall–Kier alpha value is -5.06. The number of nitrogens with one attached hydrogen (secondary N) is 2. The lowest BCUT2D eigenvalue weighted by Gasteiger charge is -2.13. The van der Waals surface area contributed by atoms with E-state index in [0.717, 1.165) is 17.7 Å². The highest BCUT2D eigenvalue weighted by molar-refractivity contribution is 5.90. The highest BCUT2D eigenvalue weighted by Crippen LogP contribution is 2.42. The molecule has 11 nitrogen and oxygen atoms in total. The SMILES string of the molecule is Nc1ccc2c(c1-n1cnc3c(Nc4nc5ncnc(N)c5[nH]4)ncnc31)Cc1ccccc1-2. The number of rotatable bonds is 3. The van der Waals surface area contributed by atoms with Crippen molar-refractivity contribution in [2.24, 2.45) is 0 Å². The number of nitrogen functional groups attached to an aromatic ring is 2. The number of nitrogens with two attached hydrogens (primary N) is 2. The molecule has 4 aromatic heterocycles. The maximum absolute atomic E-state index is 6.48.